The number of hydrogen-bond acceptors (Lipinski definition) is 2. The highest BCUT2D eigenvalue weighted by molar-refractivity contribution is 5.77. The Morgan fingerprint density at radius 3 is 2.65 bits per heavy atom. The summed E-state index contributed by atoms with van der Waals surface area (Å²) in [5.74, 6) is 0.343. The standard InChI is InChI=1S/C18H18FN3O/c1-12(20-13(2)23)18-21-16-9-5-6-10-17(16)22(18)11-14-7-3-4-8-15(14)19/h3-10,12H,11H2,1-2H3,(H,20,23)/t12-/m1/s1. The number of carbonyl (C=O) groups excluding carboxylic acids is 1. The molecule has 0 unspecified atom stereocenters. The van der Waals surface area contributed by atoms with Gasteiger partial charge in [-0.15, -0.1) is 0 Å². The normalized spacial score (nSPS) is 12.3. The molecule has 1 heterocycles. The van der Waals surface area contributed by atoms with Gasteiger partial charge in [0.15, 0.2) is 0 Å². The highest BCUT2D eigenvalue weighted by atomic mass is 19.1. The highest BCUT2D eigenvalue weighted by Crippen LogP contribution is 2.23. The van der Waals surface area contributed by atoms with Crippen LogP contribution in [0.5, 0.6) is 0 Å². The monoisotopic (exact) mass is 311 g/mol. The SMILES string of the molecule is CC(=O)N[C@H](C)c1nc2ccccc2n1Cc1ccccc1F. The first-order valence-electron chi connectivity index (χ1n) is 7.52. The van der Waals surface area contributed by atoms with E-state index in [-0.39, 0.29) is 17.8 Å². The van der Waals surface area contributed by atoms with Crippen molar-refractivity contribution >= 4 is 16.9 Å². The van der Waals surface area contributed by atoms with Crippen LogP contribution in [-0.2, 0) is 11.3 Å². The summed E-state index contributed by atoms with van der Waals surface area (Å²) in [5.41, 5.74) is 2.34. The van der Waals surface area contributed by atoms with Gasteiger partial charge in [0, 0.05) is 12.5 Å². The second-order valence-electron chi connectivity index (χ2n) is 5.56. The van der Waals surface area contributed by atoms with E-state index in [0.717, 1.165) is 11.0 Å². The number of benzene rings is 2. The van der Waals surface area contributed by atoms with E-state index in [4.69, 9.17) is 0 Å². The summed E-state index contributed by atoms with van der Waals surface area (Å²) >= 11 is 0. The van der Waals surface area contributed by atoms with Crippen molar-refractivity contribution in [2.75, 3.05) is 0 Å². The molecule has 1 aromatic heterocycles. The molecule has 0 saturated carbocycles. The zero-order valence-corrected chi connectivity index (χ0v) is 13.1. The topological polar surface area (TPSA) is 46.9 Å². The van der Waals surface area contributed by atoms with Crippen LogP contribution in [0.2, 0.25) is 0 Å². The maximum atomic E-state index is 14.0. The Labute approximate surface area is 134 Å². The molecule has 1 amide bonds. The van der Waals surface area contributed by atoms with Crippen LogP contribution < -0.4 is 5.32 Å². The molecular weight excluding hydrogens is 293 g/mol. The van der Waals surface area contributed by atoms with Crippen LogP contribution in [-0.4, -0.2) is 15.5 Å². The van der Waals surface area contributed by atoms with Gasteiger partial charge in [0.2, 0.25) is 5.91 Å². The van der Waals surface area contributed by atoms with E-state index in [0.29, 0.717) is 17.9 Å². The molecule has 2 aromatic carbocycles. The first-order chi connectivity index (χ1) is 11.1. The molecule has 3 rings (SSSR count). The van der Waals surface area contributed by atoms with Gasteiger partial charge in [-0.2, -0.15) is 0 Å². The van der Waals surface area contributed by atoms with Crippen molar-refractivity contribution in [3.63, 3.8) is 0 Å². The number of amides is 1. The van der Waals surface area contributed by atoms with Crippen molar-refractivity contribution in [2.24, 2.45) is 0 Å². The molecule has 0 aliphatic rings. The van der Waals surface area contributed by atoms with Crippen LogP contribution in [0.3, 0.4) is 0 Å². The number of nitrogens with one attached hydrogen (secondary N) is 1. The summed E-state index contributed by atoms with van der Waals surface area (Å²) in [6, 6.07) is 14.1. The number of fused-ring (bicyclic) bond motifs is 1. The second kappa shape index (κ2) is 6.20. The third-order valence-corrected chi connectivity index (χ3v) is 3.78. The van der Waals surface area contributed by atoms with Crippen molar-refractivity contribution in [3.05, 3.63) is 65.7 Å². The van der Waals surface area contributed by atoms with Gasteiger partial charge in [0.1, 0.15) is 11.6 Å². The summed E-state index contributed by atoms with van der Waals surface area (Å²) in [6.07, 6.45) is 0. The quantitative estimate of drug-likeness (QED) is 0.802. The highest BCUT2D eigenvalue weighted by Gasteiger charge is 2.18. The van der Waals surface area contributed by atoms with Gasteiger partial charge in [-0.05, 0) is 25.1 Å². The van der Waals surface area contributed by atoms with Crippen LogP contribution in [0.1, 0.15) is 31.3 Å². The molecule has 1 N–H and O–H groups in total. The predicted molar refractivity (Wildman–Crippen MR) is 87.5 cm³/mol. The van der Waals surface area contributed by atoms with Gasteiger partial charge >= 0.3 is 0 Å². The van der Waals surface area contributed by atoms with Crippen molar-refractivity contribution < 1.29 is 9.18 Å². The van der Waals surface area contributed by atoms with Crippen LogP contribution >= 0.6 is 0 Å². The molecule has 0 radical (unpaired) electrons. The lowest BCUT2D eigenvalue weighted by Crippen LogP contribution is -2.26. The van der Waals surface area contributed by atoms with E-state index in [1.54, 1.807) is 12.1 Å². The molecule has 23 heavy (non-hydrogen) atoms. The number of carbonyl (C=O) groups is 1. The Bertz CT molecular complexity index is 856. The number of halogens is 1. The summed E-state index contributed by atoms with van der Waals surface area (Å²) in [4.78, 5) is 16.0. The molecule has 118 valence electrons. The molecule has 1 atom stereocenters. The maximum absolute atomic E-state index is 14.0. The van der Waals surface area contributed by atoms with Crippen LogP contribution in [0.4, 0.5) is 4.39 Å². The summed E-state index contributed by atoms with van der Waals surface area (Å²) < 4.78 is 16.0. The smallest absolute Gasteiger partial charge is 0.217 e. The Hall–Kier alpha value is -2.69. The fourth-order valence-electron chi connectivity index (χ4n) is 2.76. The molecule has 0 aliphatic carbocycles. The van der Waals surface area contributed by atoms with Gasteiger partial charge in [-0.3, -0.25) is 4.79 Å². The second-order valence-corrected chi connectivity index (χ2v) is 5.56. The van der Waals surface area contributed by atoms with E-state index in [1.165, 1.54) is 13.0 Å². The molecule has 0 spiro atoms. The van der Waals surface area contributed by atoms with E-state index in [9.17, 15) is 9.18 Å². The molecule has 0 saturated heterocycles. The largest absolute Gasteiger partial charge is 0.347 e. The van der Waals surface area contributed by atoms with E-state index < -0.39 is 0 Å². The third-order valence-electron chi connectivity index (χ3n) is 3.78. The molecule has 0 fully saturated rings. The number of nitrogens with zero attached hydrogens (tertiary/aromatic N) is 2. The minimum Gasteiger partial charge on any atom is -0.347 e. The van der Waals surface area contributed by atoms with E-state index >= 15 is 0 Å². The van der Waals surface area contributed by atoms with Gasteiger partial charge in [-0.25, -0.2) is 9.37 Å². The van der Waals surface area contributed by atoms with Gasteiger partial charge in [-0.1, -0.05) is 30.3 Å². The predicted octanol–water partition coefficient (Wildman–Crippen LogP) is 3.42. The Kier molecular flexibility index (Phi) is 4.10. The van der Waals surface area contributed by atoms with Crippen molar-refractivity contribution in [1.82, 2.24) is 14.9 Å². The first-order valence-corrected chi connectivity index (χ1v) is 7.52. The summed E-state index contributed by atoms with van der Waals surface area (Å²) in [6.45, 7) is 3.72. The van der Waals surface area contributed by atoms with Crippen molar-refractivity contribution in [3.8, 4) is 0 Å². The number of hydrogen-bond donors (Lipinski definition) is 1. The zero-order valence-electron chi connectivity index (χ0n) is 13.1. The van der Waals surface area contributed by atoms with Crippen molar-refractivity contribution in [1.29, 1.82) is 0 Å². The molecule has 0 aliphatic heterocycles. The number of imidazole rings is 1. The van der Waals surface area contributed by atoms with Gasteiger partial charge in [0.05, 0.1) is 23.6 Å². The average Bonchev–Trinajstić information content (AvgIpc) is 2.88. The Morgan fingerprint density at radius 1 is 1.22 bits per heavy atom. The minimum absolute atomic E-state index is 0.123. The zero-order chi connectivity index (χ0) is 16.4. The fourth-order valence-corrected chi connectivity index (χ4v) is 2.76. The maximum Gasteiger partial charge on any atom is 0.217 e. The number of aromatic nitrogens is 2. The Morgan fingerprint density at radius 2 is 1.91 bits per heavy atom. The van der Waals surface area contributed by atoms with Crippen LogP contribution in [0.25, 0.3) is 11.0 Å². The first kappa shape index (κ1) is 15.2. The lowest BCUT2D eigenvalue weighted by atomic mass is 10.2. The lowest BCUT2D eigenvalue weighted by molar-refractivity contribution is -0.119. The average molecular weight is 311 g/mol. The van der Waals surface area contributed by atoms with Gasteiger partial charge in [0.25, 0.3) is 0 Å². The van der Waals surface area contributed by atoms with Crippen molar-refractivity contribution in [2.45, 2.75) is 26.4 Å². The molecule has 4 nitrogen and oxygen atoms in total. The molecule has 0 bridgehead atoms. The molecule has 5 heteroatoms. The summed E-state index contributed by atoms with van der Waals surface area (Å²) in [5, 5.41) is 2.84. The minimum atomic E-state index is -0.258. The number of para-hydroxylation sites is 2. The molecule has 3 aromatic rings. The van der Waals surface area contributed by atoms with Crippen LogP contribution in [0, 0.1) is 5.82 Å². The van der Waals surface area contributed by atoms with Gasteiger partial charge < -0.3 is 9.88 Å². The summed E-state index contributed by atoms with van der Waals surface area (Å²) in [7, 11) is 0. The Balaban J connectivity index is 2.09. The van der Waals surface area contributed by atoms with E-state index in [2.05, 4.69) is 10.3 Å². The van der Waals surface area contributed by atoms with E-state index in [1.807, 2.05) is 41.8 Å². The lowest BCUT2D eigenvalue weighted by Gasteiger charge is -2.16. The van der Waals surface area contributed by atoms with Crippen LogP contribution in [0.15, 0.2) is 48.5 Å². The molecular formula is C18H18FN3O. The third kappa shape index (κ3) is 3.08. The fraction of sp³-hybridized carbons (Fsp3) is 0.222. The number of rotatable bonds is 4.